The number of ether oxygens (including phenoxy) is 1. The van der Waals surface area contributed by atoms with Gasteiger partial charge in [0.05, 0.1) is 17.4 Å². The summed E-state index contributed by atoms with van der Waals surface area (Å²) in [6, 6.07) is 15.0. The number of benzene rings is 2. The minimum absolute atomic E-state index is 0.0587. The summed E-state index contributed by atoms with van der Waals surface area (Å²) >= 11 is 0. The fourth-order valence-corrected chi connectivity index (χ4v) is 4.36. The third-order valence-electron chi connectivity index (χ3n) is 5.84. The number of amides is 2. The van der Waals surface area contributed by atoms with Crippen LogP contribution in [0, 0.1) is 12.8 Å². The monoisotopic (exact) mass is 418 g/mol. The van der Waals surface area contributed by atoms with Crippen LogP contribution in [0.4, 0.5) is 5.69 Å². The van der Waals surface area contributed by atoms with E-state index in [0.29, 0.717) is 22.9 Å². The fraction of sp³-hybridized carbons (Fsp3) is 0.385. The van der Waals surface area contributed by atoms with Crippen LogP contribution in [-0.4, -0.2) is 35.9 Å². The number of piperidine rings is 1. The molecule has 5 heteroatoms. The van der Waals surface area contributed by atoms with Crippen molar-refractivity contribution in [3.05, 3.63) is 65.4 Å². The lowest BCUT2D eigenvalue weighted by Crippen LogP contribution is -2.39. The Morgan fingerprint density at radius 3 is 2.26 bits per heavy atom. The lowest BCUT2D eigenvalue weighted by Gasteiger charge is -2.33. The van der Waals surface area contributed by atoms with E-state index < -0.39 is 0 Å². The summed E-state index contributed by atoms with van der Waals surface area (Å²) in [5.41, 5.74) is 3.51. The Bertz CT molecular complexity index is 1010. The summed E-state index contributed by atoms with van der Waals surface area (Å²) in [5, 5.41) is 0. The number of carbonyl (C=O) groups excluding carboxylic acids is 2. The molecule has 0 N–H and O–H groups in total. The second kappa shape index (κ2) is 8.58. The third kappa shape index (κ3) is 4.22. The summed E-state index contributed by atoms with van der Waals surface area (Å²) in [6.45, 7) is 9.73. The van der Waals surface area contributed by atoms with Gasteiger partial charge in [0, 0.05) is 13.1 Å². The summed E-state index contributed by atoms with van der Waals surface area (Å²) in [6.07, 6.45) is 2.23. The van der Waals surface area contributed by atoms with Gasteiger partial charge in [0.15, 0.2) is 0 Å². The van der Waals surface area contributed by atoms with Crippen molar-refractivity contribution < 1.29 is 14.3 Å². The minimum atomic E-state index is -0.264. The molecule has 2 aromatic carbocycles. The van der Waals surface area contributed by atoms with E-state index in [1.165, 1.54) is 4.90 Å². The molecule has 2 aromatic rings. The Morgan fingerprint density at radius 1 is 0.968 bits per heavy atom. The van der Waals surface area contributed by atoms with E-state index in [0.717, 1.165) is 42.8 Å². The molecular formula is C26H30N2O3. The number of carbonyl (C=O) groups is 2. The van der Waals surface area contributed by atoms with Crippen molar-refractivity contribution in [2.24, 2.45) is 5.92 Å². The Hall–Kier alpha value is -3.08. The number of nitrogens with zero attached hydrogens (tertiary/aromatic N) is 2. The molecule has 1 fully saturated rings. The zero-order valence-electron chi connectivity index (χ0n) is 18.7. The van der Waals surface area contributed by atoms with Crippen LogP contribution in [0.2, 0.25) is 0 Å². The van der Waals surface area contributed by atoms with Gasteiger partial charge in [-0.1, -0.05) is 36.8 Å². The SMILES string of the molecule is Cc1ccc(C2=C(N3CCCC(C)C3)C(=O)N(c3ccc(OC(C)C)cc3)C2=O)cc1. The highest BCUT2D eigenvalue weighted by Gasteiger charge is 2.43. The van der Waals surface area contributed by atoms with Gasteiger partial charge in [-0.25, -0.2) is 4.90 Å². The second-order valence-electron chi connectivity index (χ2n) is 8.89. The molecule has 0 radical (unpaired) electrons. The highest BCUT2D eigenvalue weighted by Crippen LogP contribution is 2.37. The quantitative estimate of drug-likeness (QED) is 0.655. The number of imide groups is 1. The first-order valence-corrected chi connectivity index (χ1v) is 11.1. The van der Waals surface area contributed by atoms with Crippen molar-refractivity contribution in [2.75, 3.05) is 18.0 Å². The smallest absolute Gasteiger partial charge is 0.282 e. The van der Waals surface area contributed by atoms with E-state index in [1.54, 1.807) is 12.1 Å². The molecule has 2 amide bonds. The van der Waals surface area contributed by atoms with Crippen molar-refractivity contribution in [2.45, 2.75) is 46.6 Å². The van der Waals surface area contributed by atoms with Crippen LogP contribution in [0.25, 0.3) is 5.57 Å². The first-order valence-electron chi connectivity index (χ1n) is 11.1. The van der Waals surface area contributed by atoms with Gasteiger partial charge in [0.25, 0.3) is 11.8 Å². The molecule has 5 nitrogen and oxygen atoms in total. The molecule has 1 unspecified atom stereocenters. The maximum absolute atomic E-state index is 13.6. The third-order valence-corrected chi connectivity index (χ3v) is 5.84. The van der Waals surface area contributed by atoms with Gasteiger partial charge in [0.1, 0.15) is 11.4 Å². The molecule has 0 aromatic heterocycles. The lowest BCUT2D eigenvalue weighted by atomic mass is 9.97. The van der Waals surface area contributed by atoms with Crippen molar-refractivity contribution in [1.82, 2.24) is 4.90 Å². The molecule has 0 bridgehead atoms. The van der Waals surface area contributed by atoms with E-state index in [4.69, 9.17) is 4.74 Å². The fourth-order valence-electron chi connectivity index (χ4n) is 4.36. The number of anilines is 1. The molecule has 0 spiro atoms. The molecule has 0 aliphatic carbocycles. The zero-order chi connectivity index (χ0) is 22.1. The Labute approximate surface area is 184 Å². The predicted octanol–water partition coefficient (Wildman–Crippen LogP) is 4.80. The summed E-state index contributed by atoms with van der Waals surface area (Å²) in [7, 11) is 0. The number of aryl methyl sites for hydroxylation is 1. The van der Waals surface area contributed by atoms with Crippen LogP contribution in [0.5, 0.6) is 5.75 Å². The highest BCUT2D eigenvalue weighted by atomic mass is 16.5. The van der Waals surface area contributed by atoms with Crippen LogP contribution in [-0.2, 0) is 9.59 Å². The van der Waals surface area contributed by atoms with Gasteiger partial charge >= 0.3 is 0 Å². The van der Waals surface area contributed by atoms with Gasteiger partial charge in [-0.2, -0.15) is 0 Å². The van der Waals surface area contributed by atoms with Gasteiger partial charge in [-0.3, -0.25) is 9.59 Å². The van der Waals surface area contributed by atoms with Gasteiger partial charge in [0.2, 0.25) is 0 Å². The summed E-state index contributed by atoms with van der Waals surface area (Å²) < 4.78 is 5.71. The van der Waals surface area contributed by atoms with E-state index in [-0.39, 0.29) is 17.9 Å². The van der Waals surface area contributed by atoms with Crippen LogP contribution in [0.3, 0.4) is 0 Å². The summed E-state index contributed by atoms with van der Waals surface area (Å²) in [5.74, 6) is 0.700. The largest absolute Gasteiger partial charge is 0.491 e. The number of rotatable bonds is 5. The average Bonchev–Trinajstić information content (AvgIpc) is 2.99. The molecule has 4 rings (SSSR count). The average molecular weight is 419 g/mol. The van der Waals surface area contributed by atoms with Crippen LogP contribution < -0.4 is 9.64 Å². The summed E-state index contributed by atoms with van der Waals surface area (Å²) in [4.78, 5) is 30.6. The Morgan fingerprint density at radius 2 is 1.65 bits per heavy atom. The van der Waals surface area contributed by atoms with Crippen LogP contribution in [0.1, 0.15) is 44.7 Å². The van der Waals surface area contributed by atoms with Crippen molar-refractivity contribution in [3.63, 3.8) is 0 Å². The number of likely N-dealkylation sites (tertiary alicyclic amines) is 1. The van der Waals surface area contributed by atoms with Gasteiger partial charge in [-0.05, 0) is 69.4 Å². The maximum Gasteiger partial charge on any atom is 0.282 e. The van der Waals surface area contributed by atoms with Crippen LogP contribution >= 0.6 is 0 Å². The number of hydrogen-bond acceptors (Lipinski definition) is 4. The predicted molar refractivity (Wildman–Crippen MR) is 123 cm³/mol. The molecule has 2 heterocycles. The van der Waals surface area contributed by atoms with Crippen LogP contribution in [0.15, 0.2) is 54.2 Å². The topological polar surface area (TPSA) is 49.9 Å². The van der Waals surface area contributed by atoms with Crippen molar-refractivity contribution >= 4 is 23.1 Å². The minimum Gasteiger partial charge on any atom is -0.491 e. The molecule has 31 heavy (non-hydrogen) atoms. The van der Waals surface area contributed by atoms with E-state index >= 15 is 0 Å². The van der Waals surface area contributed by atoms with E-state index in [1.807, 2.05) is 57.2 Å². The Kier molecular flexibility index (Phi) is 5.86. The zero-order valence-corrected chi connectivity index (χ0v) is 18.7. The van der Waals surface area contributed by atoms with Gasteiger partial charge < -0.3 is 9.64 Å². The lowest BCUT2D eigenvalue weighted by molar-refractivity contribution is -0.120. The molecule has 2 aliphatic heterocycles. The Balaban J connectivity index is 1.74. The highest BCUT2D eigenvalue weighted by molar-refractivity contribution is 6.45. The first-order chi connectivity index (χ1) is 14.8. The van der Waals surface area contributed by atoms with Gasteiger partial charge in [-0.15, -0.1) is 0 Å². The van der Waals surface area contributed by atoms with E-state index in [2.05, 4.69) is 11.8 Å². The number of hydrogen-bond donors (Lipinski definition) is 0. The molecular weight excluding hydrogens is 388 g/mol. The molecule has 162 valence electrons. The molecule has 2 aliphatic rings. The molecule has 1 saturated heterocycles. The van der Waals surface area contributed by atoms with E-state index in [9.17, 15) is 9.59 Å². The standard InChI is InChI=1S/C26H30N2O3/c1-17(2)31-22-13-11-21(12-14-22)28-25(29)23(20-9-7-18(3)8-10-20)24(26(28)30)27-15-5-6-19(4)16-27/h7-14,17,19H,5-6,15-16H2,1-4H3. The maximum atomic E-state index is 13.6. The second-order valence-corrected chi connectivity index (χ2v) is 8.89. The van der Waals surface area contributed by atoms with Crippen molar-refractivity contribution in [1.29, 1.82) is 0 Å². The normalized spacial score (nSPS) is 19.6. The van der Waals surface area contributed by atoms with Crippen molar-refractivity contribution in [3.8, 4) is 5.75 Å². The first kappa shape index (κ1) is 21.2. The molecule has 0 saturated carbocycles. The molecule has 1 atom stereocenters.